The van der Waals surface area contributed by atoms with Crippen LogP contribution in [0.15, 0.2) is 36.7 Å². The number of nitrogens with zero attached hydrogens (tertiary/aromatic N) is 3. The Morgan fingerprint density at radius 3 is 2.96 bits per heavy atom. The number of hydrogen-bond donors (Lipinski definition) is 2. The summed E-state index contributed by atoms with van der Waals surface area (Å²) in [6, 6.07) is 0.267. The van der Waals surface area contributed by atoms with E-state index in [0.29, 0.717) is 0 Å². The quantitative estimate of drug-likeness (QED) is 0.662. The molecule has 0 fully saturated rings. The lowest BCUT2D eigenvalue weighted by Crippen LogP contribution is -2.44. The molecule has 9 heteroatoms. The van der Waals surface area contributed by atoms with Crippen molar-refractivity contribution in [3.8, 4) is 22.8 Å². The molecule has 6 nitrogen and oxygen atoms in total. The highest BCUT2D eigenvalue weighted by Gasteiger charge is 2.35. The minimum atomic E-state index is -4.83. The van der Waals surface area contributed by atoms with Crippen molar-refractivity contribution in [1.82, 2.24) is 25.3 Å². The molecule has 2 N–H and O–H groups in total. The Labute approximate surface area is 172 Å². The predicted molar refractivity (Wildman–Crippen MR) is 97.4 cm³/mol. The number of amides is 1. The van der Waals surface area contributed by atoms with Crippen molar-refractivity contribution in [2.45, 2.75) is 32.7 Å². The summed E-state index contributed by atoms with van der Waals surface area (Å²) in [6.45, 7) is -4.33. The molecule has 3 heterocycles. The SMILES string of the molecule is [2H]c1nc2[nH]c([2H])c([2H])c([2H])c-2c1-c1nccc(C[C@@](C)(C(=O)NCC(F)(F)F)C([2H])([2H])C([2H])([2H])[2H])n1. The highest BCUT2D eigenvalue weighted by Crippen LogP contribution is 2.31. The van der Waals surface area contributed by atoms with E-state index in [1.807, 2.05) is 0 Å². The first-order valence-electron chi connectivity index (χ1n) is 12.4. The van der Waals surface area contributed by atoms with E-state index in [4.69, 9.17) is 12.3 Å². The minimum absolute atomic E-state index is 0.0494. The van der Waals surface area contributed by atoms with Crippen LogP contribution in [0.3, 0.4) is 0 Å². The van der Waals surface area contributed by atoms with Crippen LogP contribution < -0.4 is 5.32 Å². The Kier molecular flexibility index (Phi) is 3.01. The van der Waals surface area contributed by atoms with Gasteiger partial charge in [0.2, 0.25) is 5.91 Å². The van der Waals surface area contributed by atoms with Crippen LogP contribution in [0.25, 0.3) is 22.8 Å². The molecule has 3 rings (SSSR count). The van der Waals surface area contributed by atoms with Crippen LogP contribution >= 0.6 is 0 Å². The fourth-order valence-corrected chi connectivity index (χ4v) is 2.43. The van der Waals surface area contributed by atoms with E-state index >= 15 is 0 Å². The number of alkyl halides is 3. The number of halogens is 3. The molecule has 2 aliphatic heterocycles. The Balaban J connectivity index is 2.11. The van der Waals surface area contributed by atoms with Gasteiger partial charge in [0.15, 0.2) is 5.82 Å². The number of rotatable bonds is 6. The van der Waals surface area contributed by atoms with Crippen LogP contribution in [-0.4, -0.2) is 38.6 Å². The van der Waals surface area contributed by atoms with Gasteiger partial charge in [-0.3, -0.25) is 4.79 Å². The van der Waals surface area contributed by atoms with Gasteiger partial charge in [0.1, 0.15) is 12.4 Å². The standard InChI is InChI=1S/C19H20F3N5O/c1-3-18(2,17(28)26-11-19(20,21)22)9-12-6-8-24-16(27-12)14-10-25-15-13(14)5-4-7-23-15/h4-8,10H,3,9,11H2,1-2H3,(H,23,25)(H,26,28)/t18-/m0/s1/i1D3,3D2,4D,5D,7D,10D. The van der Waals surface area contributed by atoms with Crippen LogP contribution in [-0.2, 0) is 11.2 Å². The van der Waals surface area contributed by atoms with Crippen molar-refractivity contribution < 1.29 is 30.3 Å². The van der Waals surface area contributed by atoms with Crippen molar-refractivity contribution in [3.05, 3.63) is 42.4 Å². The summed E-state index contributed by atoms with van der Waals surface area (Å²) in [5, 5.41) is 1.55. The molecule has 1 aromatic heterocycles. The van der Waals surface area contributed by atoms with Crippen molar-refractivity contribution >= 4 is 5.91 Å². The fourth-order valence-electron chi connectivity index (χ4n) is 2.43. The van der Waals surface area contributed by atoms with E-state index in [1.165, 1.54) is 6.07 Å². The van der Waals surface area contributed by atoms with E-state index in [-0.39, 0.29) is 28.5 Å². The molecule has 0 radical (unpaired) electrons. The molecule has 0 aromatic carbocycles. The van der Waals surface area contributed by atoms with Crippen LogP contribution in [0.4, 0.5) is 13.2 Å². The topological polar surface area (TPSA) is 83.6 Å². The van der Waals surface area contributed by atoms with Crippen molar-refractivity contribution in [2.75, 3.05) is 6.54 Å². The van der Waals surface area contributed by atoms with Crippen LogP contribution in [0.1, 0.15) is 38.2 Å². The van der Waals surface area contributed by atoms with Crippen molar-refractivity contribution in [1.29, 1.82) is 0 Å². The van der Waals surface area contributed by atoms with Gasteiger partial charge in [0.05, 0.1) is 10.9 Å². The lowest BCUT2D eigenvalue weighted by molar-refractivity contribution is -0.144. The molecule has 0 bridgehead atoms. The number of aromatic nitrogens is 4. The molecule has 0 unspecified atom stereocenters. The second-order valence-corrected chi connectivity index (χ2v) is 6.13. The van der Waals surface area contributed by atoms with E-state index in [0.717, 1.165) is 13.1 Å². The molecule has 0 spiro atoms. The zero-order valence-corrected chi connectivity index (χ0v) is 14.5. The summed E-state index contributed by atoms with van der Waals surface area (Å²) in [6.07, 6.45) is -8.60. The maximum Gasteiger partial charge on any atom is 0.405 e. The van der Waals surface area contributed by atoms with Gasteiger partial charge in [0, 0.05) is 48.6 Å². The summed E-state index contributed by atoms with van der Waals surface area (Å²) in [5.41, 5.74) is -2.87. The third-order valence-electron chi connectivity index (χ3n) is 3.90. The maximum atomic E-state index is 12.8. The normalized spacial score (nSPS) is 19.6. The van der Waals surface area contributed by atoms with E-state index in [9.17, 15) is 18.0 Å². The van der Waals surface area contributed by atoms with Crippen molar-refractivity contribution in [3.63, 3.8) is 0 Å². The molecule has 1 amide bonds. The van der Waals surface area contributed by atoms with Crippen molar-refractivity contribution in [2.24, 2.45) is 5.41 Å². The summed E-state index contributed by atoms with van der Waals surface area (Å²) in [4.78, 5) is 27.4. The van der Waals surface area contributed by atoms with Gasteiger partial charge in [0.25, 0.3) is 0 Å². The van der Waals surface area contributed by atoms with Gasteiger partial charge < -0.3 is 10.3 Å². The smallest absolute Gasteiger partial charge is 0.347 e. The van der Waals surface area contributed by atoms with Gasteiger partial charge in [-0.15, -0.1) is 0 Å². The van der Waals surface area contributed by atoms with Crippen LogP contribution in [0.2, 0.25) is 0 Å². The van der Waals surface area contributed by atoms with Gasteiger partial charge >= 0.3 is 6.18 Å². The van der Waals surface area contributed by atoms with Gasteiger partial charge in [-0.05, 0) is 24.5 Å². The first kappa shape index (κ1) is 11.1. The minimum Gasteiger partial charge on any atom is -0.347 e. The first-order valence-corrected chi connectivity index (χ1v) is 7.93. The van der Waals surface area contributed by atoms with Crippen LogP contribution in [0.5, 0.6) is 0 Å². The zero-order chi connectivity index (χ0) is 28.1. The number of aromatic amines is 1. The van der Waals surface area contributed by atoms with Gasteiger partial charge in [-0.2, -0.15) is 13.2 Å². The second-order valence-electron chi connectivity index (χ2n) is 6.13. The highest BCUT2D eigenvalue weighted by molar-refractivity contribution is 5.82. The Morgan fingerprint density at radius 1 is 1.39 bits per heavy atom. The summed E-state index contributed by atoms with van der Waals surface area (Å²) < 4.78 is 109. The number of carbonyl (C=O) groups excluding carboxylic acids is 1. The van der Waals surface area contributed by atoms with Gasteiger partial charge in [-0.1, -0.05) is 13.8 Å². The number of pyridine rings is 1. The Morgan fingerprint density at radius 2 is 2.21 bits per heavy atom. The van der Waals surface area contributed by atoms with E-state index < -0.39 is 68.1 Å². The molecule has 0 saturated heterocycles. The molecule has 148 valence electrons. The number of H-pyrrole nitrogens is 1. The van der Waals surface area contributed by atoms with E-state index in [2.05, 4.69) is 19.9 Å². The second kappa shape index (κ2) is 7.57. The average molecular weight is 400 g/mol. The maximum absolute atomic E-state index is 12.8. The largest absolute Gasteiger partial charge is 0.405 e. The molecule has 0 aliphatic carbocycles. The molecule has 0 saturated carbocycles. The highest BCUT2D eigenvalue weighted by atomic mass is 19.4. The molecule has 28 heavy (non-hydrogen) atoms. The third kappa shape index (κ3) is 4.29. The predicted octanol–water partition coefficient (Wildman–Crippen LogP) is 3.61. The summed E-state index contributed by atoms with van der Waals surface area (Å²) >= 11 is 0. The lowest BCUT2D eigenvalue weighted by Gasteiger charge is -2.27. The number of nitrogens with one attached hydrogen (secondary N) is 2. The third-order valence-corrected chi connectivity index (χ3v) is 3.90. The fraction of sp³-hybridized carbons (Fsp3) is 0.368. The van der Waals surface area contributed by atoms with E-state index in [1.54, 1.807) is 5.32 Å². The monoisotopic (exact) mass is 400 g/mol. The zero-order valence-electron chi connectivity index (χ0n) is 23.5. The number of hydrogen-bond acceptors (Lipinski definition) is 4. The molecule has 1 aromatic rings. The Bertz CT molecular complexity index is 1310. The number of fused-ring (bicyclic) bond motifs is 1. The molecule has 1 atom stereocenters. The molecular weight excluding hydrogens is 371 g/mol. The lowest BCUT2D eigenvalue weighted by atomic mass is 9.81. The average Bonchev–Trinajstić information content (AvgIpc) is 3.10. The van der Waals surface area contributed by atoms with Crippen LogP contribution in [0, 0.1) is 5.41 Å². The summed E-state index contributed by atoms with van der Waals surface area (Å²) in [5.74, 6) is -1.80. The molecular formula is C19H20F3N5O. The first-order chi connectivity index (χ1) is 16.8. The van der Waals surface area contributed by atoms with Gasteiger partial charge in [-0.25, -0.2) is 15.0 Å². The summed E-state index contributed by atoms with van der Waals surface area (Å²) in [7, 11) is 0. The number of carbonyl (C=O) groups is 1. The Hall–Kier alpha value is -2.97. The molecule has 2 aliphatic rings.